The molecule has 0 fully saturated rings. The van der Waals surface area contributed by atoms with Crippen LogP contribution in [0.1, 0.15) is 0 Å². The van der Waals surface area contributed by atoms with Crippen molar-refractivity contribution in [2.24, 2.45) is 0 Å². The smallest absolute Gasteiger partial charge is 0.327 e. The number of nitrogen functional groups attached to an aromatic ring is 1. The Balaban J connectivity index is 2.58. The number of rotatable bonds is 1. The fraction of sp³-hybridized carbons (Fsp3) is 0. The first-order chi connectivity index (χ1) is 9.47. The largest absolute Gasteiger partial charge is 0.394 e. The zero-order chi connectivity index (χ0) is 14.4. The van der Waals surface area contributed by atoms with Crippen molar-refractivity contribution < 1.29 is 0 Å². The summed E-state index contributed by atoms with van der Waals surface area (Å²) in [7, 11) is 1.90. The lowest BCUT2D eigenvalue weighted by atomic mass is 9.99. The molecule has 0 unspecified atom stereocenters. The molecule has 3 aromatic rings. The first-order valence-corrected chi connectivity index (χ1v) is 6.59. The maximum absolute atomic E-state index is 12.0. The zero-order valence-electron chi connectivity index (χ0n) is 10.4. The molecule has 9 heteroatoms. The average molecular weight is 288 g/mol. The molecule has 0 aliphatic rings. The Morgan fingerprint density at radius 1 is 1.10 bits per heavy atom. The highest BCUT2D eigenvalue weighted by molar-refractivity contribution is 7.14. The Kier molecular flexibility index (Phi) is 2.65. The van der Waals surface area contributed by atoms with Crippen LogP contribution in [-0.4, -0.2) is 22.8 Å². The molecule has 3 rings (SSSR count). The molecule has 0 amide bonds. The summed E-state index contributed by atoms with van der Waals surface area (Å²) in [5.74, 6) is 0. The third-order valence-corrected chi connectivity index (χ3v) is 3.99. The normalized spacial score (nSPS) is 11.0. The van der Waals surface area contributed by atoms with Crippen molar-refractivity contribution in [1.82, 2.24) is 15.0 Å². The second-order valence-electron chi connectivity index (χ2n) is 4.39. The first-order valence-electron chi connectivity index (χ1n) is 5.71. The number of aromatic amines is 3. The Morgan fingerprint density at radius 2 is 1.85 bits per heavy atom. The predicted molar refractivity (Wildman–Crippen MR) is 81.7 cm³/mol. The van der Waals surface area contributed by atoms with Gasteiger partial charge in [-0.1, -0.05) is 5.46 Å². The highest BCUT2D eigenvalue weighted by Gasteiger charge is 2.16. The van der Waals surface area contributed by atoms with Gasteiger partial charge in [0, 0.05) is 10.4 Å². The molecule has 0 aliphatic heterocycles. The highest BCUT2D eigenvalue weighted by atomic mass is 32.1. The van der Waals surface area contributed by atoms with Crippen molar-refractivity contribution in [3.63, 3.8) is 0 Å². The molecule has 0 aliphatic carbocycles. The van der Waals surface area contributed by atoms with Gasteiger partial charge in [-0.3, -0.25) is 19.6 Å². The van der Waals surface area contributed by atoms with E-state index >= 15 is 0 Å². The second kappa shape index (κ2) is 4.24. The van der Waals surface area contributed by atoms with E-state index in [0.29, 0.717) is 10.4 Å². The molecule has 0 bridgehead atoms. The average Bonchev–Trinajstić information content (AvgIpc) is 2.78. The number of nitrogens with two attached hydrogens (primary N) is 1. The third-order valence-electron chi connectivity index (χ3n) is 2.92. The number of pyridine rings is 1. The van der Waals surface area contributed by atoms with Gasteiger partial charge in [0.15, 0.2) is 0 Å². The molecular weight excluding hydrogens is 279 g/mol. The van der Waals surface area contributed by atoms with E-state index < -0.39 is 16.8 Å². The van der Waals surface area contributed by atoms with E-state index in [4.69, 9.17) is 5.73 Å². The van der Waals surface area contributed by atoms with Gasteiger partial charge in [0.05, 0.1) is 5.39 Å². The van der Waals surface area contributed by atoms with Crippen LogP contribution < -0.4 is 28.0 Å². The summed E-state index contributed by atoms with van der Waals surface area (Å²) in [4.78, 5) is 42.8. The number of aromatic nitrogens is 3. The van der Waals surface area contributed by atoms with Gasteiger partial charge in [0.1, 0.15) is 19.2 Å². The lowest BCUT2D eigenvalue weighted by Gasteiger charge is -2.06. The van der Waals surface area contributed by atoms with Gasteiger partial charge in [0.2, 0.25) is 0 Å². The molecule has 0 atom stereocenters. The van der Waals surface area contributed by atoms with Crippen molar-refractivity contribution in [2.75, 3.05) is 5.73 Å². The summed E-state index contributed by atoms with van der Waals surface area (Å²) in [5.41, 5.74) is 5.37. The minimum absolute atomic E-state index is 0.0445. The van der Waals surface area contributed by atoms with Crippen LogP contribution in [0.15, 0.2) is 25.8 Å². The minimum atomic E-state index is -0.684. The van der Waals surface area contributed by atoms with Crippen molar-refractivity contribution in [1.29, 1.82) is 0 Å². The van der Waals surface area contributed by atoms with Crippen LogP contribution in [0.4, 0.5) is 5.69 Å². The quantitative estimate of drug-likeness (QED) is 0.405. The summed E-state index contributed by atoms with van der Waals surface area (Å²) >= 11 is 1.38. The fourth-order valence-electron chi connectivity index (χ4n) is 2.07. The van der Waals surface area contributed by atoms with E-state index in [0.717, 1.165) is 5.46 Å². The van der Waals surface area contributed by atoms with Gasteiger partial charge in [-0.25, -0.2) is 4.79 Å². The summed E-state index contributed by atoms with van der Waals surface area (Å²) in [6, 6.07) is 1.83. The standard InChI is InChI=1S/C11H9BN4O3S/c12-3-1-4(20-2-3)5-6-8(14-10(18)7(5)13)15-11(19)16-9(6)17/h1-2H,12-13H2,(H3,14,15,16,17,18,19). The van der Waals surface area contributed by atoms with Crippen LogP contribution in [0.5, 0.6) is 0 Å². The molecule has 0 saturated heterocycles. The summed E-state index contributed by atoms with van der Waals surface area (Å²) in [6.07, 6.45) is 0. The van der Waals surface area contributed by atoms with Gasteiger partial charge < -0.3 is 10.7 Å². The number of H-pyrrole nitrogens is 3. The summed E-state index contributed by atoms with van der Waals surface area (Å²) in [5, 5.41) is 2.06. The third kappa shape index (κ3) is 1.79. The van der Waals surface area contributed by atoms with Crippen LogP contribution in [0.25, 0.3) is 21.5 Å². The topological polar surface area (TPSA) is 125 Å². The maximum atomic E-state index is 12.0. The zero-order valence-corrected chi connectivity index (χ0v) is 11.2. The lowest BCUT2D eigenvalue weighted by Crippen LogP contribution is -2.26. The molecule has 20 heavy (non-hydrogen) atoms. The predicted octanol–water partition coefficient (Wildman–Crippen LogP) is -1.53. The van der Waals surface area contributed by atoms with E-state index in [-0.39, 0.29) is 16.7 Å². The van der Waals surface area contributed by atoms with Crippen LogP contribution in [0.3, 0.4) is 0 Å². The van der Waals surface area contributed by atoms with Crippen LogP contribution >= 0.6 is 11.3 Å². The van der Waals surface area contributed by atoms with E-state index in [1.165, 1.54) is 11.3 Å². The number of fused-ring (bicyclic) bond motifs is 1. The summed E-state index contributed by atoms with van der Waals surface area (Å²) in [6.45, 7) is 0. The van der Waals surface area contributed by atoms with Crippen LogP contribution in [0.2, 0.25) is 0 Å². The van der Waals surface area contributed by atoms with Crippen molar-refractivity contribution in [2.45, 2.75) is 0 Å². The molecule has 3 heterocycles. The molecule has 0 spiro atoms. The van der Waals surface area contributed by atoms with E-state index in [9.17, 15) is 14.4 Å². The van der Waals surface area contributed by atoms with E-state index in [1.807, 2.05) is 19.3 Å². The molecule has 0 aromatic carbocycles. The second-order valence-corrected chi connectivity index (χ2v) is 5.30. The number of hydrogen-bond donors (Lipinski definition) is 4. The Bertz CT molecular complexity index is 997. The van der Waals surface area contributed by atoms with Crippen molar-refractivity contribution >= 4 is 41.4 Å². The minimum Gasteiger partial charge on any atom is -0.394 e. The molecule has 3 aromatic heterocycles. The van der Waals surface area contributed by atoms with Gasteiger partial charge in [0.25, 0.3) is 11.1 Å². The van der Waals surface area contributed by atoms with E-state index in [2.05, 4.69) is 15.0 Å². The SMILES string of the molecule is Bc1csc(-c2c(N)c(=O)[nH]c3[nH]c(=O)[nH]c(=O)c23)c1. The van der Waals surface area contributed by atoms with Gasteiger partial charge in [-0.05, 0) is 11.4 Å². The van der Waals surface area contributed by atoms with Crippen molar-refractivity contribution in [3.8, 4) is 10.4 Å². The Hall–Kier alpha value is -2.55. The molecule has 0 saturated carbocycles. The van der Waals surface area contributed by atoms with Gasteiger partial charge in [-0.2, -0.15) is 0 Å². The molecule has 5 N–H and O–H groups in total. The fourth-order valence-corrected chi connectivity index (χ4v) is 3.03. The van der Waals surface area contributed by atoms with E-state index in [1.54, 1.807) is 0 Å². The Labute approximate surface area is 115 Å². The number of thiophene rings is 1. The van der Waals surface area contributed by atoms with Gasteiger partial charge in [-0.15, -0.1) is 11.3 Å². The number of nitrogens with one attached hydrogen (secondary N) is 3. The first kappa shape index (κ1) is 12.5. The number of hydrogen-bond acceptors (Lipinski definition) is 5. The molecule has 0 radical (unpaired) electrons. The highest BCUT2D eigenvalue weighted by Crippen LogP contribution is 2.30. The Morgan fingerprint density at radius 3 is 2.50 bits per heavy atom. The monoisotopic (exact) mass is 288 g/mol. The van der Waals surface area contributed by atoms with Crippen molar-refractivity contribution in [3.05, 3.63) is 42.6 Å². The summed E-state index contributed by atoms with van der Waals surface area (Å²) < 4.78 is 0. The molecule has 100 valence electrons. The molecule has 7 nitrogen and oxygen atoms in total. The van der Waals surface area contributed by atoms with Crippen LogP contribution in [-0.2, 0) is 0 Å². The van der Waals surface area contributed by atoms with Crippen LogP contribution in [0, 0.1) is 0 Å². The number of anilines is 1. The lowest BCUT2D eigenvalue weighted by molar-refractivity contribution is 1.06. The molecular formula is C11H9BN4O3S. The van der Waals surface area contributed by atoms with Gasteiger partial charge >= 0.3 is 5.69 Å². The maximum Gasteiger partial charge on any atom is 0.327 e.